The lowest BCUT2D eigenvalue weighted by molar-refractivity contribution is -0.124. The van der Waals surface area contributed by atoms with E-state index in [1.807, 2.05) is 0 Å². The number of hydrogen-bond acceptors (Lipinski definition) is 4. The van der Waals surface area contributed by atoms with Gasteiger partial charge in [-0.15, -0.1) is 0 Å². The summed E-state index contributed by atoms with van der Waals surface area (Å²) < 4.78 is 18.0. The van der Waals surface area contributed by atoms with Gasteiger partial charge in [-0.25, -0.2) is 4.39 Å². The third kappa shape index (κ3) is 3.21. The summed E-state index contributed by atoms with van der Waals surface area (Å²) in [5.41, 5.74) is 4.57. The molecule has 0 radical (unpaired) electrons. The number of nitrogens with zero attached hydrogens (tertiary/aromatic N) is 1. The standard InChI is InChI=1S/C11H16FN3O2/c1-11(10(13)16,15-3-4-17-2)8-5-9(12)7-14-6-8/h5-7,15H,3-4H2,1-2H3,(H2,13,16). The van der Waals surface area contributed by atoms with Crippen LogP contribution in [0.4, 0.5) is 4.39 Å². The van der Waals surface area contributed by atoms with Gasteiger partial charge in [0.15, 0.2) is 0 Å². The SMILES string of the molecule is COCCNC(C)(C(N)=O)c1cncc(F)c1. The van der Waals surface area contributed by atoms with Gasteiger partial charge in [0.25, 0.3) is 0 Å². The minimum absolute atomic E-state index is 0.390. The van der Waals surface area contributed by atoms with Gasteiger partial charge in [-0.05, 0) is 13.0 Å². The molecule has 1 rings (SSSR count). The maximum absolute atomic E-state index is 13.1. The van der Waals surface area contributed by atoms with E-state index in [0.29, 0.717) is 18.7 Å². The molecule has 1 aromatic heterocycles. The Hall–Kier alpha value is -1.53. The van der Waals surface area contributed by atoms with E-state index < -0.39 is 17.3 Å². The number of amides is 1. The molecular formula is C11H16FN3O2. The number of carbonyl (C=O) groups is 1. The third-order valence-corrected chi connectivity index (χ3v) is 2.56. The second-order valence-corrected chi connectivity index (χ2v) is 3.80. The van der Waals surface area contributed by atoms with Crippen LogP contribution in [0, 0.1) is 5.82 Å². The lowest BCUT2D eigenvalue weighted by Gasteiger charge is -2.27. The average Bonchev–Trinajstić information content (AvgIpc) is 2.29. The van der Waals surface area contributed by atoms with Gasteiger partial charge in [0.1, 0.15) is 11.4 Å². The van der Waals surface area contributed by atoms with Crippen molar-refractivity contribution < 1.29 is 13.9 Å². The monoisotopic (exact) mass is 241 g/mol. The molecule has 94 valence electrons. The van der Waals surface area contributed by atoms with Crippen LogP contribution in [0.3, 0.4) is 0 Å². The van der Waals surface area contributed by atoms with Crippen LogP contribution in [0.25, 0.3) is 0 Å². The molecular weight excluding hydrogens is 225 g/mol. The number of nitrogens with two attached hydrogens (primary N) is 1. The Morgan fingerprint density at radius 3 is 2.88 bits per heavy atom. The number of halogens is 1. The molecule has 0 spiro atoms. The molecule has 1 aromatic rings. The van der Waals surface area contributed by atoms with Crippen molar-refractivity contribution in [3.63, 3.8) is 0 Å². The van der Waals surface area contributed by atoms with Crippen molar-refractivity contribution in [3.8, 4) is 0 Å². The Labute approximate surface area is 99.2 Å². The number of rotatable bonds is 6. The van der Waals surface area contributed by atoms with Crippen molar-refractivity contribution in [2.24, 2.45) is 5.73 Å². The number of carbonyl (C=O) groups excluding carboxylic acids is 1. The molecule has 0 aliphatic heterocycles. The molecule has 1 amide bonds. The van der Waals surface area contributed by atoms with Crippen molar-refractivity contribution in [1.82, 2.24) is 10.3 Å². The fourth-order valence-corrected chi connectivity index (χ4v) is 1.42. The molecule has 0 aliphatic rings. The highest BCUT2D eigenvalue weighted by Crippen LogP contribution is 2.19. The first-order valence-corrected chi connectivity index (χ1v) is 5.15. The summed E-state index contributed by atoms with van der Waals surface area (Å²) in [6, 6.07) is 1.23. The predicted molar refractivity (Wildman–Crippen MR) is 60.6 cm³/mol. The van der Waals surface area contributed by atoms with E-state index in [0.717, 1.165) is 6.20 Å². The topological polar surface area (TPSA) is 77.2 Å². The maximum atomic E-state index is 13.1. The van der Waals surface area contributed by atoms with Crippen LogP contribution in [0.15, 0.2) is 18.5 Å². The normalized spacial score (nSPS) is 14.3. The highest BCUT2D eigenvalue weighted by molar-refractivity contribution is 5.85. The number of nitrogens with one attached hydrogen (secondary N) is 1. The van der Waals surface area contributed by atoms with Crippen LogP contribution in [-0.2, 0) is 15.1 Å². The van der Waals surface area contributed by atoms with Crippen LogP contribution in [-0.4, -0.2) is 31.2 Å². The van der Waals surface area contributed by atoms with Crippen LogP contribution < -0.4 is 11.1 Å². The van der Waals surface area contributed by atoms with Crippen LogP contribution in [0.1, 0.15) is 12.5 Å². The fraction of sp³-hybridized carbons (Fsp3) is 0.455. The van der Waals surface area contributed by atoms with Gasteiger partial charge >= 0.3 is 0 Å². The van der Waals surface area contributed by atoms with Gasteiger partial charge in [0.2, 0.25) is 5.91 Å². The molecule has 0 saturated heterocycles. The van der Waals surface area contributed by atoms with Crippen LogP contribution in [0.5, 0.6) is 0 Å². The molecule has 17 heavy (non-hydrogen) atoms. The van der Waals surface area contributed by atoms with E-state index in [1.165, 1.54) is 12.3 Å². The first-order chi connectivity index (χ1) is 8.00. The molecule has 0 aliphatic carbocycles. The second kappa shape index (κ2) is 5.70. The van der Waals surface area contributed by atoms with Gasteiger partial charge in [-0.2, -0.15) is 0 Å². The molecule has 1 heterocycles. The van der Waals surface area contributed by atoms with Crippen molar-refractivity contribution in [2.75, 3.05) is 20.3 Å². The largest absolute Gasteiger partial charge is 0.383 e. The van der Waals surface area contributed by atoms with Crippen molar-refractivity contribution in [2.45, 2.75) is 12.5 Å². The van der Waals surface area contributed by atoms with E-state index in [9.17, 15) is 9.18 Å². The Kier molecular flexibility index (Phi) is 4.53. The van der Waals surface area contributed by atoms with Gasteiger partial charge in [0, 0.05) is 25.4 Å². The Morgan fingerprint density at radius 1 is 1.65 bits per heavy atom. The van der Waals surface area contributed by atoms with Gasteiger partial charge in [-0.3, -0.25) is 15.1 Å². The third-order valence-electron chi connectivity index (χ3n) is 2.56. The minimum Gasteiger partial charge on any atom is -0.383 e. The smallest absolute Gasteiger partial charge is 0.242 e. The fourth-order valence-electron chi connectivity index (χ4n) is 1.42. The van der Waals surface area contributed by atoms with Gasteiger partial charge in [0.05, 0.1) is 12.8 Å². The molecule has 0 bridgehead atoms. The van der Waals surface area contributed by atoms with E-state index in [2.05, 4.69) is 10.3 Å². The summed E-state index contributed by atoms with van der Waals surface area (Å²) in [5.74, 6) is -1.11. The molecule has 0 saturated carbocycles. The number of hydrogen-bond donors (Lipinski definition) is 2. The van der Waals surface area contributed by atoms with Gasteiger partial charge < -0.3 is 10.5 Å². The zero-order valence-electron chi connectivity index (χ0n) is 9.87. The zero-order chi connectivity index (χ0) is 12.9. The van der Waals surface area contributed by atoms with Gasteiger partial charge in [-0.1, -0.05) is 0 Å². The summed E-state index contributed by atoms with van der Waals surface area (Å²) in [4.78, 5) is 15.2. The second-order valence-electron chi connectivity index (χ2n) is 3.80. The molecule has 6 heteroatoms. The summed E-state index contributed by atoms with van der Waals surface area (Å²) in [5, 5.41) is 2.93. The Morgan fingerprint density at radius 2 is 2.35 bits per heavy atom. The molecule has 1 unspecified atom stereocenters. The molecule has 3 N–H and O–H groups in total. The van der Waals surface area contributed by atoms with E-state index in [4.69, 9.17) is 10.5 Å². The molecule has 0 aromatic carbocycles. The summed E-state index contributed by atoms with van der Waals surface area (Å²) >= 11 is 0. The Bertz CT molecular complexity index is 400. The number of pyridine rings is 1. The highest BCUT2D eigenvalue weighted by Gasteiger charge is 2.33. The van der Waals surface area contributed by atoms with E-state index >= 15 is 0 Å². The number of primary amides is 1. The Balaban J connectivity index is 2.95. The molecule has 0 fully saturated rings. The lowest BCUT2D eigenvalue weighted by atomic mass is 9.92. The lowest BCUT2D eigenvalue weighted by Crippen LogP contribution is -2.51. The number of aromatic nitrogens is 1. The molecule has 1 atom stereocenters. The molecule has 5 nitrogen and oxygen atoms in total. The summed E-state index contributed by atoms with van der Waals surface area (Å²) in [6.45, 7) is 2.43. The quantitative estimate of drug-likeness (QED) is 0.695. The van der Waals surface area contributed by atoms with E-state index in [1.54, 1.807) is 14.0 Å². The van der Waals surface area contributed by atoms with Crippen molar-refractivity contribution in [1.29, 1.82) is 0 Å². The average molecular weight is 241 g/mol. The maximum Gasteiger partial charge on any atom is 0.242 e. The van der Waals surface area contributed by atoms with Crippen LogP contribution >= 0.6 is 0 Å². The number of methoxy groups -OCH3 is 1. The minimum atomic E-state index is -1.16. The highest BCUT2D eigenvalue weighted by atomic mass is 19.1. The predicted octanol–water partition coefficient (Wildman–Crippen LogP) is 0.157. The van der Waals surface area contributed by atoms with E-state index in [-0.39, 0.29) is 0 Å². The first-order valence-electron chi connectivity index (χ1n) is 5.15. The zero-order valence-corrected chi connectivity index (χ0v) is 9.87. The summed E-state index contributed by atoms with van der Waals surface area (Å²) in [7, 11) is 1.55. The van der Waals surface area contributed by atoms with Crippen LogP contribution in [0.2, 0.25) is 0 Å². The number of ether oxygens (including phenoxy) is 1. The first kappa shape index (κ1) is 13.5. The summed E-state index contributed by atoms with van der Waals surface area (Å²) in [6.07, 6.45) is 2.48. The van der Waals surface area contributed by atoms with Crippen molar-refractivity contribution >= 4 is 5.91 Å². The van der Waals surface area contributed by atoms with Crippen molar-refractivity contribution in [3.05, 3.63) is 29.8 Å².